The Morgan fingerprint density at radius 3 is 2.00 bits per heavy atom. The SMILES string of the molecule is CC[n+]1cc(-c2ccccc2)sc1-c1ccccc1. The van der Waals surface area contributed by atoms with Gasteiger partial charge in [-0.05, 0) is 24.6 Å². The van der Waals surface area contributed by atoms with Gasteiger partial charge in [-0.1, -0.05) is 59.9 Å². The molecule has 3 rings (SSSR count). The molecule has 19 heavy (non-hydrogen) atoms. The van der Waals surface area contributed by atoms with Crippen molar-refractivity contribution in [1.29, 1.82) is 0 Å². The van der Waals surface area contributed by atoms with Crippen molar-refractivity contribution in [3.8, 4) is 21.0 Å². The first kappa shape index (κ1) is 12.1. The predicted octanol–water partition coefficient (Wildman–Crippen LogP) is 4.39. The van der Waals surface area contributed by atoms with Gasteiger partial charge in [0.2, 0.25) is 0 Å². The minimum absolute atomic E-state index is 0.994. The van der Waals surface area contributed by atoms with E-state index in [4.69, 9.17) is 0 Å². The number of nitrogens with zero attached hydrogens (tertiary/aromatic N) is 1. The average molecular weight is 266 g/mol. The van der Waals surface area contributed by atoms with Crippen molar-refractivity contribution in [1.82, 2.24) is 0 Å². The molecule has 94 valence electrons. The monoisotopic (exact) mass is 266 g/mol. The zero-order valence-corrected chi connectivity index (χ0v) is 11.7. The van der Waals surface area contributed by atoms with Gasteiger partial charge in [-0.3, -0.25) is 0 Å². The number of aromatic nitrogens is 1. The molecule has 0 atom stereocenters. The van der Waals surface area contributed by atoms with Crippen LogP contribution in [0.5, 0.6) is 0 Å². The molecule has 0 radical (unpaired) electrons. The molecule has 0 aliphatic rings. The third kappa shape index (κ3) is 2.45. The van der Waals surface area contributed by atoms with E-state index in [-0.39, 0.29) is 0 Å². The van der Waals surface area contributed by atoms with Crippen molar-refractivity contribution in [3.05, 3.63) is 66.9 Å². The Balaban J connectivity index is 2.09. The van der Waals surface area contributed by atoms with Crippen molar-refractivity contribution in [3.63, 3.8) is 0 Å². The van der Waals surface area contributed by atoms with Gasteiger partial charge < -0.3 is 0 Å². The van der Waals surface area contributed by atoms with Gasteiger partial charge in [-0.25, -0.2) is 0 Å². The standard InChI is InChI=1S/C17H16NS/c1-2-18-13-16(14-9-5-3-6-10-14)19-17(18)15-11-7-4-8-12-15/h3-13H,2H2,1H3/q+1. The molecule has 0 amide bonds. The van der Waals surface area contributed by atoms with E-state index in [1.807, 2.05) is 11.3 Å². The zero-order chi connectivity index (χ0) is 13.1. The molecular formula is C17H16NS+. The molecule has 0 unspecified atom stereocenters. The van der Waals surface area contributed by atoms with Gasteiger partial charge in [0, 0.05) is 0 Å². The first-order valence-electron chi connectivity index (χ1n) is 6.52. The molecule has 0 aliphatic heterocycles. The second kappa shape index (κ2) is 5.37. The van der Waals surface area contributed by atoms with E-state index in [0.29, 0.717) is 0 Å². The summed E-state index contributed by atoms with van der Waals surface area (Å²) in [5.74, 6) is 0. The Morgan fingerprint density at radius 1 is 0.842 bits per heavy atom. The van der Waals surface area contributed by atoms with E-state index in [0.717, 1.165) is 6.54 Å². The average Bonchev–Trinajstić information content (AvgIpc) is 2.93. The molecule has 1 nitrogen and oxygen atoms in total. The lowest BCUT2D eigenvalue weighted by Crippen LogP contribution is -2.31. The van der Waals surface area contributed by atoms with Crippen LogP contribution in [0.3, 0.4) is 0 Å². The van der Waals surface area contributed by atoms with Crippen LogP contribution in [0.2, 0.25) is 0 Å². The summed E-state index contributed by atoms with van der Waals surface area (Å²) >= 11 is 1.85. The highest BCUT2D eigenvalue weighted by atomic mass is 32.1. The van der Waals surface area contributed by atoms with E-state index in [9.17, 15) is 0 Å². The Labute approximate surface area is 117 Å². The number of aryl methyl sites for hydroxylation is 1. The van der Waals surface area contributed by atoms with E-state index < -0.39 is 0 Å². The minimum Gasteiger partial charge on any atom is -0.188 e. The van der Waals surface area contributed by atoms with Crippen LogP contribution in [-0.2, 0) is 6.54 Å². The Kier molecular flexibility index (Phi) is 3.43. The second-order valence-corrected chi connectivity index (χ2v) is 5.45. The fourth-order valence-electron chi connectivity index (χ4n) is 2.17. The molecule has 1 aromatic heterocycles. The maximum Gasteiger partial charge on any atom is 0.269 e. The molecule has 2 heteroatoms. The number of rotatable bonds is 3. The Hall–Kier alpha value is -1.93. The van der Waals surface area contributed by atoms with E-state index in [2.05, 4.69) is 78.4 Å². The number of hydrogen-bond acceptors (Lipinski definition) is 1. The fourth-order valence-corrected chi connectivity index (χ4v) is 3.36. The zero-order valence-electron chi connectivity index (χ0n) is 10.9. The summed E-state index contributed by atoms with van der Waals surface area (Å²) in [5.41, 5.74) is 2.58. The first-order valence-corrected chi connectivity index (χ1v) is 7.34. The van der Waals surface area contributed by atoms with Crippen LogP contribution in [0.15, 0.2) is 66.9 Å². The summed E-state index contributed by atoms with van der Waals surface area (Å²) in [4.78, 5) is 1.32. The molecule has 0 spiro atoms. The summed E-state index contributed by atoms with van der Waals surface area (Å²) in [6.45, 7) is 3.18. The molecule has 1 heterocycles. The van der Waals surface area contributed by atoms with Crippen molar-refractivity contribution in [2.75, 3.05) is 0 Å². The van der Waals surface area contributed by atoms with Gasteiger partial charge in [0.15, 0.2) is 6.20 Å². The van der Waals surface area contributed by atoms with Crippen LogP contribution < -0.4 is 4.57 Å². The molecule has 3 aromatic rings. The van der Waals surface area contributed by atoms with Crippen LogP contribution >= 0.6 is 11.3 Å². The first-order chi connectivity index (χ1) is 9.38. The predicted molar refractivity (Wildman–Crippen MR) is 81.1 cm³/mol. The van der Waals surface area contributed by atoms with Gasteiger partial charge in [-0.2, -0.15) is 4.57 Å². The second-order valence-electron chi connectivity index (χ2n) is 4.42. The van der Waals surface area contributed by atoms with Gasteiger partial charge in [-0.15, -0.1) is 0 Å². The molecule has 0 aliphatic carbocycles. The Morgan fingerprint density at radius 2 is 1.42 bits per heavy atom. The summed E-state index contributed by atoms with van der Waals surface area (Å²) in [5, 5.41) is 1.32. The van der Waals surface area contributed by atoms with Crippen LogP contribution in [-0.4, -0.2) is 0 Å². The lowest BCUT2D eigenvalue weighted by molar-refractivity contribution is -0.678. The molecular weight excluding hydrogens is 250 g/mol. The van der Waals surface area contributed by atoms with Crippen LogP contribution in [0.25, 0.3) is 21.0 Å². The molecule has 0 fully saturated rings. The van der Waals surface area contributed by atoms with Crippen molar-refractivity contribution >= 4 is 11.3 Å². The maximum atomic E-state index is 2.32. The van der Waals surface area contributed by atoms with Crippen molar-refractivity contribution < 1.29 is 4.57 Å². The number of hydrogen-bond donors (Lipinski definition) is 0. The highest BCUT2D eigenvalue weighted by Gasteiger charge is 2.18. The highest BCUT2D eigenvalue weighted by Crippen LogP contribution is 2.30. The summed E-state index contributed by atoms with van der Waals surface area (Å²) in [7, 11) is 0. The lowest BCUT2D eigenvalue weighted by atomic mass is 10.2. The summed E-state index contributed by atoms with van der Waals surface area (Å²) in [6.07, 6.45) is 2.25. The van der Waals surface area contributed by atoms with Crippen LogP contribution in [0.1, 0.15) is 6.92 Å². The normalized spacial score (nSPS) is 10.6. The summed E-state index contributed by atoms with van der Waals surface area (Å²) in [6, 6.07) is 21.2. The molecule has 0 saturated heterocycles. The fraction of sp³-hybridized carbons (Fsp3) is 0.118. The van der Waals surface area contributed by atoms with Gasteiger partial charge in [0.25, 0.3) is 5.01 Å². The summed E-state index contributed by atoms with van der Waals surface area (Å²) < 4.78 is 2.32. The molecule has 0 bridgehead atoms. The van der Waals surface area contributed by atoms with Gasteiger partial charge in [0.05, 0.1) is 5.56 Å². The van der Waals surface area contributed by atoms with Crippen molar-refractivity contribution in [2.24, 2.45) is 0 Å². The van der Waals surface area contributed by atoms with Crippen LogP contribution in [0, 0.1) is 0 Å². The topological polar surface area (TPSA) is 3.88 Å². The largest absolute Gasteiger partial charge is 0.269 e. The van der Waals surface area contributed by atoms with Gasteiger partial charge in [0.1, 0.15) is 11.4 Å². The quantitative estimate of drug-likeness (QED) is 0.619. The molecule has 0 saturated carbocycles. The van der Waals surface area contributed by atoms with Crippen molar-refractivity contribution in [2.45, 2.75) is 13.5 Å². The van der Waals surface area contributed by atoms with Crippen LogP contribution in [0.4, 0.5) is 0 Å². The van der Waals surface area contributed by atoms with E-state index in [1.54, 1.807) is 0 Å². The number of thiazole rings is 1. The smallest absolute Gasteiger partial charge is 0.188 e. The van der Waals surface area contributed by atoms with E-state index >= 15 is 0 Å². The lowest BCUT2D eigenvalue weighted by Gasteiger charge is -1.94. The molecule has 2 aromatic carbocycles. The third-order valence-corrected chi connectivity index (χ3v) is 4.38. The minimum atomic E-state index is 0.994. The van der Waals surface area contributed by atoms with Gasteiger partial charge >= 0.3 is 0 Å². The third-order valence-electron chi connectivity index (χ3n) is 3.16. The van der Waals surface area contributed by atoms with E-state index in [1.165, 1.54) is 21.0 Å². The Bertz CT molecular complexity index is 656. The molecule has 0 N–H and O–H groups in total. The highest BCUT2D eigenvalue weighted by molar-refractivity contribution is 7.17. The maximum absolute atomic E-state index is 2.32. The number of benzene rings is 2.